The Hall–Kier alpha value is -1.95. The van der Waals surface area contributed by atoms with Crippen molar-refractivity contribution in [1.82, 2.24) is 5.32 Å². The molecular weight excluding hydrogens is 272 g/mol. The van der Waals surface area contributed by atoms with E-state index < -0.39 is 0 Å². The van der Waals surface area contributed by atoms with Crippen LogP contribution >= 0.6 is 0 Å². The number of nitrogens with two attached hydrogens (primary N) is 1. The lowest BCUT2D eigenvalue weighted by Gasteiger charge is -2.16. The number of ether oxygens (including phenoxy) is 3. The van der Waals surface area contributed by atoms with Crippen LogP contribution in [0.25, 0.3) is 0 Å². The summed E-state index contributed by atoms with van der Waals surface area (Å²) in [5.41, 5.74) is 6.39. The molecule has 0 radical (unpaired) electrons. The highest BCUT2D eigenvalue weighted by atomic mass is 16.5. The first kappa shape index (κ1) is 17.1. The van der Waals surface area contributed by atoms with Gasteiger partial charge in [-0.2, -0.15) is 0 Å². The molecule has 1 aromatic carbocycles. The zero-order valence-corrected chi connectivity index (χ0v) is 13.1. The average Bonchev–Trinajstić information content (AvgIpc) is 2.52. The maximum absolute atomic E-state index is 12.0. The van der Waals surface area contributed by atoms with Crippen molar-refractivity contribution in [3.05, 3.63) is 17.7 Å². The van der Waals surface area contributed by atoms with Gasteiger partial charge in [0, 0.05) is 30.6 Å². The molecular formula is C15H24N2O4. The van der Waals surface area contributed by atoms with Crippen molar-refractivity contribution in [2.24, 2.45) is 11.7 Å². The number of hydrogen-bond acceptors (Lipinski definition) is 5. The predicted molar refractivity (Wildman–Crippen MR) is 80.8 cm³/mol. The third-order valence-electron chi connectivity index (χ3n) is 3.39. The largest absolute Gasteiger partial charge is 0.496 e. The van der Waals surface area contributed by atoms with Crippen molar-refractivity contribution in [3.63, 3.8) is 0 Å². The summed E-state index contributed by atoms with van der Waals surface area (Å²) in [4.78, 5) is 12.0. The van der Waals surface area contributed by atoms with Gasteiger partial charge in [0.05, 0.1) is 21.3 Å². The molecule has 1 atom stereocenters. The van der Waals surface area contributed by atoms with E-state index in [0.29, 0.717) is 36.8 Å². The first-order valence-corrected chi connectivity index (χ1v) is 6.87. The summed E-state index contributed by atoms with van der Waals surface area (Å²) in [5.74, 6) is 1.58. The van der Waals surface area contributed by atoms with Crippen LogP contribution in [0, 0.1) is 5.92 Å². The molecule has 0 aromatic heterocycles. The standard InChI is InChI=1S/C15H24N2O4/c1-5-10(8-16)15(18)17-9-11-6-13(20-3)14(21-4)7-12(11)19-2/h6-7,10H,5,8-9,16H2,1-4H3,(H,17,18). The van der Waals surface area contributed by atoms with Gasteiger partial charge in [0.15, 0.2) is 11.5 Å². The molecule has 0 spiro atoms. The molecule has 0 bridgehead atoms. The fourth-order valence-electron chi connectivity index (χ4n) is 2.02. The third kappa shape index (κ3) is 4.26. The Balaban J connectivity index is 2.89. The van der Waals surface area contributed by atoms with Crippen LogP contribution in [-0.4, -0.2) is 33.8 Å². The lowest BCUT2D eigenvalue weighted by molar-refractivity contribution is -0.124. The zero-order valence-electron chi connectivity index (χ0n) is 13.1. The molecule has 6 heteroatoms. The van der Waals surface area contributed by atoms with E-state index in [4.69, 9.17) is 19.9 Å². The smallest absolute Gasteiger partial charge is 0.224 e. The molecule has 1 rings (SSSR count). The maximum Gasteiger partial charge on any atom is 0.224 e. The number of carbonyl (C=O) groups excluding carboxylic acids is 1. The van der Waals surface area contributed by atoms with Gasteiger partial charge in [0.2, 0.25) is 5.91 Å². The zero-order chi connectivity index (χ0) is 15.8. The van der Waals surface area contributed by atoms with Crippen LogP contribution in [0.15, 0.2) is 12.1 Å². The molecule has 0 heterocycles. The van der Waals surface area contributed by atoms with Gasteiger partial charge >= 0.3 is 0 Å². The van der Waals surface area contributed by atoms with E-state index in [1.165, 1.54) is 0 Å². The van der Waals surface area contributed by atoms with Gasteiger partial charge in [-0.15, -0.1) is 0 Å². The number of benzene rings is 1. The van der Waals surface area contributed by atoms with E-state index in [9.17, 15) is 4.79 Å². The van der Waals surface area contributed by atoms with Crippen LogP contribution < -0.4 is 25.3 Å². The van der Waals surface area contributed by atoms with Gasteiger partial charge in [-0.05, 0) is 12.5 Å². The number of carbonyl (C=O) groups is 1. The van der Waals surface area contributed by atoms with Crippen molar-refractivity contribution in [3.8, 4) is 17.2 Å². The van der Waals surface area contributed by atoms with Crippen molar-refractivity contribution >= 4 is 5.91 Å². The van der Waals surface area contributed by atoms with Gasteiger partial charge in [0.1, 0.15) is 5.75 Å². The highest BCUT2D eigenvalue weighted by molar-refractivity contribution is 5.78. The topological polar surface area (TPSA) is 82.8 Å². The van der Waals surface area contributed by atoms with Crippen LogP contribution in [0.1, 0.15) is 18.9 Å². The van der Waals surface area contributed by atoms with Crippen LogP contribution in [0.3, 0.4) is 0 Å². The lowest BCUT2D eigenvalue weighted by Crippen LogP contribution is -2.34. The Morgan fingerprint density at radius 3 is 2.19 bits per heavy atom. The molecule has 0 saturated heterocycles. The third-order valence-corrected chi connectivity index (χ3v) is 3.39. The number of rotatable bonds is 8. The Morgan fingerprint density at radius 2 is 1.71 bits per heavy atom. The Labute approximate surface area is 125 Å². The summed E-state index contributed by atoms with van der Waals surface area (Å²) in [7, 11) is 4.70. The molecule has 0 aliphatic rings. The molecule has 3 N–H and O–H groups in total. The quantitative estimate of drug-likeness (QED) is 0.756. The molecule has 0 aliphatic heterocycles. The van der Waals surface area contributed by atoms with Gasteiger partial charge in [-0.1, -0.05) is 6.92 Å². The van der Waals surface area contributed by atoms with Gasteiger partial charge in [-0.3, -0.25) is 4.79 Å². The van der Waals surface area contributed by atoms with Crippen molar-refractivity contribution in [1.29, 1.82) is 0 Å². The number of hydrogen-bond donors (Lipinski definition) is 2. The second-order valence-corrected chi connectivity index (χ2v) is 4.58. The maximum atomic E-state index is 12.0. The Bertz CT molecular complexity index is 473. The van der Waals surface area contributed by atoms with Gasteiger partial charge in [0.25, 0.3) is 0 Å². The summed E-state index contributed by atoms with van der Waals surface area (Å²) in [6.45, 7) is 2.62. The van der Waals surface area contributed by atoms with Gasteiger partial charge in [-0.25, -0.2) is 0 Å². The SMILES string of the molecule is CCC(CN)C(=O)NCc1cc(OC)c(OC)cc1OC. The monoisotopic (exact) mass is 296 g/mol. The van der Waals surface area contributed by atoms with E-state index in [0.717, 1.165) is 5.56 Å². The minimum Gasteiger partial charge on any atom is -0.496 e. The summed E-state index contributed by atoms with van der Waals surface area (Å²) in [6.07, 6.45) is 0.714. The van der Waals surface area contributed by atoms with E-state index >= 15 is 0 Å². The summed E-state index contributed by atoms with van der Waals surface area (Å²) in [6, 6.07) is 3.53. The van der Waals surface area contributed by atoms with Crippen molar-refractivity contribution < 1.29 is 19.0 Å². The number of nitrogens with one attached hydrogen (secondary N) is 1. The summed E-state index contributed by atoms with van der Waals surface area (Å²) in [5, 5.41) is 2.87. The highest BCUT2D eigenvalue weighted by Gasteiger charge is 2.16. The minimum absolute atomic E-state index is 0.0585. The number of methoxy groups -OCH3 is 3. The Kier molecular flexibility index (Phi) is 6.81. The molecule has 118 valence electrons. The molecule has 6 nitrogen and oxygen atoms in total. The first-order chi connectivity index (χ1) is 10.1. The Morgan fingerprint density at radius 1 is 1.14 bits per heavy atom. The molecule has 1 amide bonds. The molecule has 1 aromatic rings. The lowest BCUT2D eigenvalue weighted by atomic mass is 10.1. The van der Waals surface area contributed by atoms with Crippen LogP contribution in [-0.2, 0) is 11.3 Å². The molecule has 1 unspecified atom stereocenters. The normalized spacial score (nSPS) is 11.7. The summed E-state index contributed by atoms with van der Waals surface area (Å²) < 4.78 is 15.8. The van der Waals surface area contributed by atoms with Gasteiger partial charge < -0.3 is 25.3 Å². The second-order valence-electron chi connectivity index (χ2n) is 4.58. The average molecular weight is 296 g/mol. The fraction of sp³-hybridized carbons (Fsp3) is 0.533. The van der Waals surface area contributed by atoms with Crippen molar-refractivity contribution in [2.75, 3.05) is 27.9 Å². The van der Waals surface area contributed by atoms with Crippen molar-refractivity contribution in [2.45, 2.75) is 19.9 Å². The minimum atomic E-state index is -0.170. The molecule has 0 fully saturated rings. The molecule has 0 saturated carbocycles. The summed E-state index contributed by atoms with van der Waals surface area (Å²) >= 11 is 0. The van der Waals surface area contributed by atoms with Crippen LogP contribution in [0.4, 0.5) is 0 Å². The van der Waals surface area contributed by atoms with E-state index in [2.05, 4.69) is 5.32 Å². The van der Waals surface area contributed by atoms with E-state index in [1.807, 2.05) is 6.92 Å². The molecule has 0 aliphatic carbocycles. The second kappa shape index (κ2) is 8.36. The molecule has 21 heavy (non-hydrogen) atoms. The fourth-order valence-corrected chi connectivity index (χ4v) is 2.02. The van der Waals surface area contributed by atoms with E-state index in [-0.39, 0.29) is 11.8 Å². The number of amides is 1. The first-order valence-electron chi connectivity index (χ1n) is 6.87. The van der Waals surface area contributed by atoms with E-state index in [1.54, 1.807) is 33.5 Å². The highest BCUT2D eigenvalue weighted by Crippen LogP contribution is 2.34. The predicted octanol–water partition coefficient (Wildman–Crippen LogP) is 1.31. The van der Waals surface area contributed by atoms with Crippen LogP contribution in [0.2, 0.25) is 0 Å². The van der Waals surface area contributed by atoms with Crippen LogP contribution in [0.5, 0.6) is 17.2 Å².